The van der Waals surface area contributed by atoms with E-state index < -0.39 is 0 Å². The first kappa shape index (κ1) is 9.90. The highest BCUT2D eigenvalue weighted by Crippen LogP contribution is 2.25. The molecule has 1 aromatic carbocycles. The SMILES string of the molecule is CCNc1c(CC)cccc1NC. The van der Waals surface area contributed by atoms with Gasteiger partial charge in [0.2, 0.25) is 0 Å². The first-order chi connectivity index (χ1) is 6.33. The van der Waals surface area contributed by atoms with E-state index in [0.29, 0.717) is 0 Å². The average Bonchev–Trinajstić information content (AvgIpc) is 2.18. The van der Waals surface area contributed by atoms with Gasteiger partial charge in [-0.3, -0.25) is 0 Å². The fourth-order valence-electron chi connectivity index (χ4n) is 1.49. The molecule has 0 unspecified atom stereocenters. The van der Waals surface area contributed by atoms with Crippen molar-refractivity contribution in [1.82, 2.24) is 0 Å². The second-order valence-electron chi connectivity index (χ2n) is 2.97. The van der Waals surface area contributed by atoms with Gasteiger partial charge in [0, 0.05) is 13.6 Å². The Morgan fingerprint density at radius 3 is 2.54 bits per heavy atom. The van der Waals surface area contributed by atoms with Gasteiger partial charge >= 0.3 is 0 Å². The molecule has 0 radical (unpaired) electrons. The Labute approximate surface area is 80.4 Å². The molecule has 1 aromatic rings. The molecule has 0 spiro atoms. The first-order valence-electron chi connectivity index (χ1n) is 4.87. The van der Waals surface area contributed by atoms with Crippen LogP contribution in [0.3, 0.4) is 0 Å². The quantitative estimate of drug-likeness (QED) is 0.740. The van der Waals surface area contributed by atoms with Crippen LogP contribution in [0.2, 0.25) is 0 Å². The zero-order valence-corrected chi connectivity index (χ0v) is 8.65. The first-order valence-corrected chi connectivity index (χ1v) is 4.87. The zero-order valence-electron chi connectivity index (χ0n) is 8.65. The van der Waals surface area contributed by atoms with Crippen molar-refractivity contribution >= 4 is 11.4 Å². The Morgan fingerprint density at radius 2 is 2.00 bits per heavy atom. The van der Waals surface area contributed by atoms with Gasteiger partial charge in [0.05, 0.1) is 11.4 Å². The molecule has 0 heterocycles. The summed E-state index contributed by atoms with van der Waals surface area (Å²) in [7, 11) is 1.95. The monoisotopic (exact) mass is 178 g/mol. The molecule has 0 fully saturated rings. The molecule has 0 bridgehead atoms. The molecular formula is C11H18N2. The van der Waals surface area contributed by atoms with Gasteiger partial charge in [0.1, 0.15) is 0 Å². The van der Waals surface area contributed by atoms with Crippen LogP contribution in [0.5, 0.6) is 0 Å². The third kappa shape index (κ3) is 2.14. The van der Waals surface area contributed by atoms with E-state index in [2.05, 4.69) is 42.7 Å². The van der Waals surface area contributed by atoms with Crippen LogP contribution in [0.1, 0.15) is 19.4 Å². The van der Waals surface area contributed by atoms with E-state index in [9.17, 15) is 0 Å². The normalized spacial score (nSPS) is 9.77. The summed E-state index contributed by atoms with van der Waals surface area (Å²) in [5.74, 6) is 0. The minimum Gasteiger partial charge on any atom is -0.386 e. The maximum atomic E-state index is 3.38. The largest absolute Gasteiger partial charge is 0.386 e. The van der Waals surface area contributed by atoms with Gasteiger partial charge in [0.15, 0.2) is 0 Å². The van der Waals surface area contributed by atoms with Gasteiger partial charge in [-0.1, -0.05) is 19.1 Å². The molecule has 0 amide bonds. The standard InChI is InChI=1S/C11H18N2/c1-4-9-7-6-8-10(12-3)11(9)13-5-2/h6-8,12-13H,4-5H2,1-3H3. The molecule has 0 saturated carbocycles. The number of hydrogen-bond acceptors (Lipinski definition) is 2. The van der Waals surface area contributed by atoms with Crippen molar-refractivity contribution in [3.63, 3.8) is 0 Å². The van der Waals surface area contributed by atoms with Crippen molar-refractivity contribution in [2.75, 3.05) is 24.2 Å². The lowest BCUT2D eigenvalue weighted by Crippen LogP contribution is -2.04. The zero-order chi connectivity index (χ0) is 9.68. The van der Waals surface area contributed by atoms with Crippen LogP contribution in [0.25, 0.3) is 0 Å². The lowest BCUT2D eigenvalue weighted by atomic mass is 10.1. The summed E-state index contributed by atoms with van der Waals surface area (Å²) in [6.07, 6.45) is 1.07. The fraction of sp³-hybridized carbons (Fsp3) is 0.455. The summed E-state index contributed by atoms with van der Waals surface area (Å²) in [6.45, 7) is 5.26. The molecule has 0 atom stereocenters. The van der Waals surface area contributed by atoms with Gasteiger partial charge in [-0.2, -0.15) is 0 Å². The van der Waals surface area contributed by atoms with Crippen molar-refractivity contribution in [2.45, 2.75) is 20.3 Å². The van der Waals surface area contributed by atoms with Crippen LogP contribution in [-0.2, 0) is 6.42 Å². The van der Waals surface area contributed by atoms with Crippen molar-refractivity contribution in [1.29, 1.82) is 0 Å². The molecule has 2 heteroatoms. The van der Waals surface area contributed by atoms with Gasteiger partial charge in [0.25, 0.3) is 0 Å². The number of para-hydroxylation sites is 1. The lowest BCUT2D eigenvalue weighted by molar-refractivity contribution is 1.11. The summed E-state index contributed by atoms with van der Waals surface area (Å²) in [4.78, 5) is 0. The smallest absolute Gasteiger partial charge is 0.0608 e. The Kier molecular flexibility index (Phi) is 3.62. The van der Waals surface area contributed by atoms with Crippen LogP contribution < -0.4 is 10.6 Å². The van der Waals surface area contributed by atoms with E-state index in [1.807, 2.05) is 7.05 Å². The Balaban J connectivity index is 3.05. The van der Waals surface area contributed by atoms with E-state index in [1.165, 1.54) is 16.9 Å². The molecule has 72 valence electrons. The van der Waals surface area contributed by atoms with E-state index in [-0.39, 0.29) is 0 Å². The van der Waals surface area contributed by atoms with Gasteiger partial charge in [-0.05, 0) is 25.0 Å². The van der Waals surface area contributed by atoms with Crippen molar-refractivity contribution in [3.05, 3.63) is 23.8 Å². The summed E-state index contributed by atoms with van der Waals surface area (Å²) in [5, 5.41) is 6.58. The Morgan fingerprint density at radius 1 is 1.23 bits per heavy atom. The Hall–Kier alpha value is -1.18. The highest BCUT2D eigenvalue weighted by atomic mass is 14.9. The average molecular weight is 178 g/mol. The highest BCUT2D eigenvalue weighted by molar-refractivity contribution is 5.72. The van der Waals surface area contributed by atoms with E-state index in [4.69, 9.17) is 0 Å². The predicted molar refractivity (Wildman–Crippen MR) is 59.5 cm³/mol. The molecule has 0 aliphatic heterocycles. The van der Waals surface area contributed by atoms with E-state index in [0.717, 1.165) is 13.0 Å². The highest BCUT2D eigenvalue weighted by Gasteiger charge is 2.03. The number of hydrogen-bond donors (Lipinski definition) is 2. The lowest BCUT2D eigenvalue weighted by Gasteiger charge is -2.14. The second-order valence-corrected chi connectivity index (χ2v) is 2.97. The van der Waals surface area contributed by atoms with Crippen LogP contribution in [0, 0.1) is 0 Å². The predicted octanol–water partition coefficient (Wildman–Crippen LogP) is 2.72. The van der Waals surface area contributed by atoms with Gasteiger partial charge in [-0.25, -0.2) is 0 Å². The fourth-order valence-corrected chi connectivity index (χ4v) is 1.49. The molecule has 2 nitrogen and oxygen atoms in total. The molecule has 0 aliphatic rings. The van der Waals surface area contributed by atoms with Crippen molar-refractivity contribution < 1.29 is 0 Å². The Bertz CT molecular complexity index is 247. The maximum absolute atomic E-state index is 3.38. The molecule has 2 N–H and O–H groups in total. The summed E-state index contributed by atoms with van der Waals surface area (Å²) < 4.78 is 0. The van der Waals surface area contributed by atoms with Gasteiger partial charge in [-0.15, -0.1) is 0 Å². The number of anilines is 2. The summed E-state index contributed by atoms with van der Waals surface area (Å²) >= 11 is 0. The number of nitrogens with one attached hydrogen (secondary N) is 2. The summed E-state index contributed by atoms with van der Waals surface area (Å²) in [5.41, 5.74) is 3.80. The second kappa shape index (κ2) is 4.75. The van der Waals surface area contributed by atoms with E-state index >= 15 is 0 Å². The minimum atomic E-state index is 0.964. The third-order valence-electron chi connectivity index (χ3n) is 2.15. The number of benzene rings is 1. The number of rotatable bonds is 4. The maximum Gasteiger partial charge on any atom is 0.0608 e. The molecular weight excluding hydrogens is 160 g/mol. The molecule has 13 heavy (non-hydrogen) atoms. The summed E-state index contributed by atoms with van der Waals surface area (Å²) in [6, 6.07) is 6.35. The van der Waals surface area contributed by atoms with Crippen molar-refractivity contribution in [2.24, 2.45) is 0 Å². The van der Waals surface area contributed by atoms with Crippen LogP contribution >= 0.6 is 0 Å². The molecule has 0 saturated heterocycles. The molecule has 0 aliphatic carbocycles. The van der Waals surface area contributed by atoms with Crippen LogP contribution in [-0.4, -0.2) is 13.6 Å². The number of aryl methyl sites for hydroxylation is 1. The topological polar surface area (TPSA) is 24.1 Å². The third-order valence-corrected chi connectivity index (χ3v) is 2.15. The minimum absolute atomic E-state index is 0.964. The molecule has 1 rings (SSSR count). The van der Waals surface area contributed by atoms with Crippen LogP contribution in [0.15, 0.2) is 18.2 Å². The van der Waals surface area contributed by atoms with E-state index in [1.54, 1.807) is 0 Å². The van der Waals surface area contributed by atoms with Crippen LogP contribution in [0.4, 0.5) is 11.4 Å². The molecule has 0 aromatic heterocycles. The van der Waals surface area contributed by atoms with Gasteiger partial charge < -0.3 is 10.6 Å². The van der Waals surface area contributed by atoms with Crippen molar-refractivity contribution in [3.8, 4) is 0 Å².